The second-order valence-corrected chi connectivity index (χ2v) is 7.39. The van der Waals surface area contributed by atoms with Gasteiger partial charge < -0.3 is 14.2 Å². The van der Waals surface area contributed by atoms with Crippen molar-refractivity contribution in [1.29, 1.82) is 0 Å². The highest BCUT2D eigenvalue weighted by molar-refractivity contribution is 5.76. The number of carbonyl (C=O) groups is 3. The summed E-state index contributed by atoms with van der Waals surface area (Å²) in [5.74, 6) is -2.29. The van der Waals surface area contributed by atoms with E-state index in [-0.39, 0.29) is 12.6 Å². The lowest BCUT2D eigenvalue weighted by Gasteiger charge is -2.18. The fourth-order valence-electron chi connectivity index (χ4n) is 2.09. The molecular formula is C20H28O6. The molecule has 0 aliphatic carbocycles. The van der Waals surface area contributed by atoms with Crippen LogP contribution in [0.3, 0.4) is 0 Å². The molecule has 0 amide bonds. The molecule has 0 radical (unpaired) electrons. The second kappa shape index (κ2) is 9.94. The predicted molar refractivity (Wildman–Crippen MR) is 95.7 cm³/mol. The molecule has 0 aliphatic rings. The van der Waals surface area contributed by atoms with Crippen molar-refractivity contribution < 1.29 is 28.6 Å². The summed E-state index contributed by atoms with van der Waals surface area (Å²) >= 11 is 0. The normalized spacial score (nSPS) is 13.4. The number of hydrogen-bond acceptors (Lipinski definition) is 6. The summed E-state index contributed by atoms with van der Waals surface area (Å²) in [4.78, 5) is 35.6. The zero-order chi connectivity index (χ0) is 19.7. The van der Waals surface area contributed by atoms with Crippen LogP contribution in [0.5, 0.6) is 0 Å². The Morgan fingerprint density at radius 2 is 1.42 bits per heavy atom. The monoisotopic (exact) mass is 364 g/mol. The molecule has 0 saturated carbocycles. The minimum atomic E-state index is -0.658. The van der Waals surface area contributed by atoms with Gasteiger partial charge in [0.2, 0.25) is 6.79 Å². The maximum Gasteiger partial charge on any atom is 0.314 e. The first-order chi connectivity index (χ1) is 12.1. The molecule has 2 unspecified atom stereocenters. The largest absolute Gasteiger partial charge is 0.461 e. The van der Waals surface area contributed by atoms with Crippen LogP contribution < -0.4 is 0 Å². The van der Waals surface area contributed by atoms with E-state index in [9.17, 15) is 14.4 Å². The third-order valence-electron chi connectivity index (χ3n) is 3.74. The molecule has 1 aromatic rings. The van der Waals surface area contributed by atoms with Gasteiger partial charge >= 0.3 is 17.9 Å². The minimum absolute atomic E-state index is 0.200. The van der Waals surface area contributed by atoms with Crippen molar-refractivity contribution in [3.8, 4) is 0 Å². The number of carbonyl (C=O) groups excluding carboxylic acids is 3. The van der Waals surface area contributed by atoms with E-state index >= 15 is 0 Å². The highest BCUT2D eigenvalue weighted by Gasteiger charge is 2.25. The summed E-state index contributed by atoms with van der Waals surface area (Å²) in [5, 5.41) is 0. The Morgan fingerprint density at radius 1 is 0.885 bits per heavy atom. The van der Waals surface area contributed by atoms with E-state index in [1.807, 2.05) is 30.3 Å². The van der Waals surface area contributed by atoms with E-state index in [4.69, 9.17) is 14.2 Å². The molecule has 26 heavy (non-hydrogen) atoms. The average molecular weight is 364 g/mol. The molecule has 2 atom stereocenters. The van der Waals surface area contributed by atoms with Crippen molar-refractivity contribution in [2.75, 3.05) is 6.79 Å². The highest BCUT2D eigenvalue weighted by Crippen LogP contribution is 2.17. The van der Waals surface area contributed by atoms with Crippen LogP contribution in [-0.4, -0.2) is 24.7 Å². The van der Waals surface area contributed by atoms with E-state index in [1.54, 1.807) is 34.6 Å². The maximum atomic E-state index is 12.0. The van der Waals surface area contributed by atoms with Gasteiger partial charge in [-0.15, -0.1) is 0 Å². The van der Waals surface area contributed by atoms with Gasteiger partial charge in [-0.3, -0.25) is 14.4 Å². The Hall–Kier alpha value is -2.37. The molecule has 1 aromatic carbocycles. The SMILES string of the molecule is CC(CC(C)C(=O)OCc1ccccc1)C(=O)OCOC(=O)C(C)(C)C. The van der Waals surface area contributed by atoms with Crippen LogP contribution in [-0.2, 0) is 35.2 Å². The number of rotatable bonds is 8. The molecule has 6 nitrogen and oxygen atoms in total. The summed E-state index contributed by atoms with van der Waals surface area (Å²) in [7, 11) is 0. The molecule has 1 rings (SSSR count). The molecule has 0 fully saturated rings. The maximum absolute atomic E-state index is 12.0. The van der Waals surface area contributed by atoms with Gasteiger partial charge in [0, 0.05) is 0 Å². The van der Waals surface area contributed by atoms with E-state index in [0.29, 0.717) is 6.42 Å². The summed E-state index contributed by atoms with van der Waals surface area (Å²) in [6, 6.07) is 9.38. The summed E-state index contributed by atoms with van der Waals surface area (Å²) in [6.07, 6.45) is 0.291. The van der Waals surface area contributed by atoms with Crippen molar-refractivity contribution >= 4 is 17.9 Å². The third kappa shape index (κ3) is 7.68. The molecule has 0 saturated heterocycles. The predicted octanol–water partition coefficient (Wildman–Crippen LogP) is 3.48. The number of esters is 3. The zero-order valence-electron chi connectivity index (χ0n) is 16.1. The molecule has 0 spiro atoms. The van der Waals surface area contributed by atoms with Crippen molar-refractivity contribution in [3.05, 3.63) is 35.9 Å². The van der Waals surface area contributed by atoms with Crippen LogP contribution in [0.15, 0.2) is 30.3 Å². The Balaban J connectivity index is 2.33. The molecule has 0 aliphatic heterocycles. The number of benzene rings is 1. The van der Waals surface area contributed by atoms with Crippen molar-refractivity contribution in [2.24, 2.45) is 17.3 Å². The van der Waals surface area contributed by atoms with E-state index in [2.05, 4.69) is 0 Å². The summed E-state index contributed by atoms with van der Waals surface area (Å²) in [6.45, 7) is 8.27. The van der Waals surface area contributed by atoms with Gasteiger partial charge in [-0.1, -0.05) is 44.2 Å². The third-order valence-corrected chi connectivity index (χ3v) is 3.74. The first kappa shape index (κ1) is 21.7. The van der Waals surface area contributed by atoms with E-state index in [1.165, 1.54) is 0 Å². The highest BCUT2D eigenvalue weighted by atomic mass is 16.7. The molecule has 6 heteroatoms. The van der Waals surface area contributed by atoms with Gasteiger partial charge in [0.15, 0.2) is 0 Å². The van der Waals surface area contributed by atoms with Crippen LogP contribution in [0.4, 0.5) is 0 Å². The van der Waals surface area contributed by atoms with Gasteiger partial charge in [-0.25, -0.2) is 0 Å². The minimum Gasteiger partial charge on any atom is -0.461 e. The molecule has 144 valence electrons. The lowest BCUT2D eigenvalue weighted by atomic mass is 9.97. The molecular weight excluding hydrogens is 336 g/mol. The molecule has 0 bridgehead atoms. The average Bonchev–Trinajstić information content (AvgIpc) is 2.59. The van der Waals surface area contributed by atoms with Crippen molar-refractivity contribution in [3.63, 3.8) is 0 Å². The van der Waals surface area contributed by atoms with Crippen LogP contribution in [0.2, 0.25) is 0 Å². The fraction of sp³-hybridized carbons (Fsp3) is 0.550. The molecule has 0 aromatic heterocycles. The van der Waals surface area contributed by atoms with E-state index < -0.39 is 36.0 Å². The Labute approximate surface area is 154 Å². The standard InChI is InChI=1S/C20H28O6/c1-14(17(21)24-12-16-9-7-6-8-10-16)11-15(2)18(22)25-13-26-19(23)20(3,4)5/h6-10,14-15H,11-13H2,1-5H3. The topological polar surface area (TPSA) is 78.9 Å². The van der Waals surface area contributed by atoms with Gasteiger partial charge in [0.25, 0.3) is 0 Å². The Bertz CT molecular complexity index is 602. The van der Waals surface area contributed by atoms with Crippen molar-refractivity contribution in [2.45, 2.75) is 47.6 Å². The van der Waals surface area contributed by atoms with Crippen LogP contribution >= 0.6 is 0 Å². The quantitative estimate of drug-likeness (QED) is 0.519. The van der Waals surface area contributed by atoms with Crippen LogP contribution in [0.1, 0.15) is 46.6 Å². The summed E-state index contributed by atoms with van der Waals surface area (Å²) in [5.41, 5.74) is 0.246. The smallest absolute Gasteiger partial charge is 0.314 e. The Morgan fingerprint density at radius 3 is 1.96 bits per heavy atom. The van der Waals surface area contributed by atoms with Crippen LogP contribution in [0.25, 0.3) is 0 Å². The second-order valence-electron chi connectivity index (χ2n) is 7.39. The van der Waals surface area contributed by atoms with Gasteiger partial charge in [-0.05, 0) is 32.8 Å². The first-order valence-corrected chi connectivity index (χ1v) is 8.65. The molecule has 0 N–H and O–H groups in total. The number of hydrogen-bond donors (Lipinski definition) is 0. The first-order valence-electron chi connectivity index (χ1n) is 8.65. The molecule has 0 heterocycles. The van der Waals surface area contributed by atoms with Crippen molar-refractivity contribution in [1.82, 2.24) is 0 Å². The lowest BCUT2D eigenvalue weighted by Crippen LogP contribution is -2.27. The Kier molecular flexibility index (Phi) is 8.29. The van der Waals surface area contributed by atoms with Gasteiger partial charge in [-0.2, -0.15) is 0 Å². The summed E-state index contributed by atoms with van der Waals surface area (Å²) < 4.78 is 15.1. The zero-order valence-corrected chi connectivity index (χ0v) is 16.1. The fourth-order valence-corrected chi connectivity index (χ4v) is 2.09. The van der Waals surface area contributed by atoms with Gasteiger partial charge in [0.05, 0.1) is 17.3 Å². The van der Waals surface area contributed by atoms with Crippen LogP contribution in [0, 0.1) is 17.3 Å². The van der Waals surface area contributed by atoms with E-state index in [0.717, 1.165) is 5.56 Å². The lowest BCUT2D eigenvalue weighted by molar-refractivity contribution is -0.175. The number of ether oxygens (including phenoxy) is 3. The van der Waals surface area contributed by atoms with Gasteiger partial charge in [0.1, 0.15) is 6.61 Å².